The molecule has 0 radical (unpaired) electrons. The summed E-state index contributed by atoms with van der Waals surface area (Å²) in [4.78, 5) is 2.20. The van der Waals surface area contributed by atoms with E-state index in [0.717, 1.165) is 23.7 Å². The first-order chi connectivity index (χ1) is 7.79. The van der Waals surface area contributed by atoms with Crippen LogP contribution in [0.25, 0.3) is 0 Å². The Labute approximate surface area is 101 Å². The monoisotopic (exact) mass is 241 g/mol. The lowest BCUT2D eigenvalue weighted by atomic mass is 10.1. The SMILES string of the molecule is OCCN1CCOC(c2cccc(Cl)c2)C1. The van der Waals surface area contributed by atoms with Crippen molar-refractivity contribution in [1.29, 1.82) is 0 Å². The number of nitrogens with zero attached hydrogens (tertiary/aromatic N) is 1. The maximum Gasteiger partial charge on any atom is 0.0952 e. The van der Waals surface area contributed by atoms with E-state index < -0.39 is 0 Å². The number of morpholine rings is 1. The molecule has 1 saturated heterocycles. The summed E-state index contributed by atoms with van der Waals surface area (Å²) >= 11 is 5.95. The number of ether oxygens (including phenoxy) is 1. The Morgan fingerprint density at radius 2 is 2.38 bits per heavy atom. The molecule has 3 nitrogen and oxygen atoms in total. The van der Waals surface area contributed by atoms with Gasteiger partial charge in [-0.1, -0.05) is 23.7 Å². The molecule has 0 saturated carbocycles. The number of benzene rings is 1. The molecule has 0 aromatic heterocycles. The third-order valence-corrected chi connectivity index (χ3v) is 3.02. The van der Waals surface area contributed by atoms with Gasteiger partial charge in [0.25, 0.3) is 0 Å². The molecule has 1 aromatic rings. The fraction of sp³-hybridized carbons (Fsp3) is 0.500. The van der Waals surface area contributed by atoms with Gasteiger partial charge >= 0.3 is 0 Å². The molecule has 1 aliphatic heterocycles. The maximum absolute atomic E-state index is 8.92. The average Bonchev–Trinajstić information content (AvgIpc) is 2.30. The molecule has 0 aliphatic carbocycles. The summed E-state index contributed by atoms with van der Waals surface area (Å²) in [6, 6.07) is 7.76. The highest BCUT2D eigenvalue weighted by atomic mass is 35.5. The first-order valence-electron chi connectivity index (χ1n) is 5.50. The summed E-state index contributed by atoms with van der Waals surface area (Å²) in [7, 11) is 0. The smallest absolute Gasteiger partial charge is 0.0952 e. The van der Waals surface area contributed by atoms with Gasteiger partial charge in [0, 0.05) is 24.7 Å². The maximum atomic E-state index is 8.92. The zero-order valence-electron chi connectivity index (χ0n) is 9.10. The zero-order chi connectivity index (χ0) is 11.4. The second kappa shape index (κ2) is 5.64. The number of rotatable bonds is 3. The first kappa shape index (κ1) is 11.9. The van der Waals surface area contributed by atoms with E-state index in [2.05, 4.69) is 4.90 Å². The van der Waals surface area contributed by atoms with E-state index in [1.54, 1.807) is 0 Å². The summed E-state index contributed by atoms with van der Waals surface area (Å²) in [5, 5.41) is 9.65. The minimum atomic E-state index is 0.0685. The minimum Gasteiger partial charge on any atom is -0.395 e. The zero-order valence-corrected chi connectivity index (χ0v) is 9.86. The highest BCUT2D eigenvalue weighted by molar-refractivity contribution is 6.30. The van der Waals surface area contributed by atoms with Gasteiger partial charge in [-0.2, -0.15) is 0 Å². The minimum absolute atomic E-state index is 0.0685. The third-order valence-electron chi connectivity index (χ3n) is 2.79. The number of aliphatic hydroxyl groups excluding tert-OH is 1. The van der Waals surface area contributed by atoms with Crippen LogP contribution in [0, 0.1) is 0 Å². The molecular formula is C12H16ClNO2. The number of hydrogen-bond donors (Lipinski definition) is 1. The second-order valence-corrected chi connectivity index (χ2v) is 4.38. The van der Waals surface area contributed by atoms with Gasteiger partial charge in [0.2, 0.25) is 0 Å². The number of halogens is 1. The normalized spacial score (nSPS) is 22.2. The van der Waals surface area contributed by atoms with Crippen molar-refractivity contribution in [3.8, 4) is 0 Å². The number of β-amino-alcohol motifs (C(OH)–C–C–N with tert-alkyl or cyclic N) is 1. The standard InChI is InChI=1S/C12H16ClNO2/c13-11-3-1-2-10(8-11)12-9-14(4-6-15)5-7-16-12/h1-3,8,12,15H,4-7,9H2. The first-order valence-corrected chi connectivity index (χ1v) is 5.87. The van der Waals surface area contributed by atoms with Crippen LogP contribution >= 0.6 is 11.6 Å². The molecule has 4 heteroatoms. The van der Waals surface area contributed by atoms with E-state index in [-0.39, 0.29) is 12.7 Å². The average molecular weight is 242 g/mol. The summed E-state index contributed by atoms with van der Waals surface area (Å²) in [6.07, 6.45) is 0.0685. The van der Waals surface area contributed by atoms with E-state index in [0.29, 0.717) is 13.2 Å². The molecule has 1 unspecified atom stereocenters. The molecule has 1 aliphatic rings. The van der Waals surface area contributed by atoms with E-state index in [4.69, 9.17) is 21.4 Å². The molecule has 0 bridgehead atoms. The molecule has 2 rings (SSSR count). The van der Waals surface area contributed by atoms with Crippen molar-refractivity contribution < 1.29 is 9.84 Å². The van der Waals surface area contributed by atoms with Gasteiger partial charge in [0.1, 0.15) is 0 Å². The molecular weight excluding hydrogens is 226 g/mol. The van der Waals surface area contributed by atoms with Crippen LogP contribution < -0.4 is 0 Å². The Bertz CT molecular complexity index is 344. The van der Waals surface area contributed by atoms with Gasteiger partial charge in [-0.25, -0.2) is 0 Å². The number of aliphatic hydroxyl groups is 1. The van der Waals surface area contributed by atoms with Crippen LogP contribution in [0.15, 0.2) is 24.3 Å². The van der Waals surface area contributed by atoms with E-state index in [1.165, 1.54) is 0 Å². The molecule has 88 valence electrons. The van der Waals surface area contributed by atoms with Crippen LogP contribution in [0.5, 0.6) is 0 Å². The van der Waals surface area contributed by atoms with Crippen molar-refractivity contribution in [2.75, 3.05) is 32.8 Å². The van der Waals surface area contributed by atoms with Crippen LogP contribution in [0.2, 0.25) is 5.02 Å². The fourth-order valence-corrected chi connectivity index (χ4v) is 2.15. The van der Waals surface area contributed by atoms with Crippen LogP contribution in [0.1, 0.15) is 11.7 Å². The Kier molecular flexibility index (Phi) is 4.18. The topological polar surface area (TPSA) is 32.7 Å². The predicted octanol–water partition coefficient (Wildman–Crippen LogP) is 1.71. The van der Waals surface area contributed by atoms with Crippen molar-refractivity contribution in [2.45, 2.75) is 6.10 Å². The van der Waals surface area contributed by atoms with Crippen molar-refractivity contribution in [3.05, 3.63) is 34.9 Å². The van der Waals surface area contributed by atoms with Crippen molar-refractivity contribution in [3.63, 3.8) is 0 Å². The lowest BCUT2D eigenvalue weighted by molar-refractivity contribution is -0.0337. The summed E-state index contributed by atoms with van der Waals surface area (Å²) in [5.41, 5.74) is 1.11. The van der Waals surface area contributed by atoms with E-state index in [9.17, 15) is 0 Å². The molecule has 0 amide bonds. The lowest BCUT2D eigenvalue weighted by Gasteiger charge is -2.32. The summed E-state index contributed by atoms with van der Waals surface area (Å²) in [5.74, 6) is 0. The van der Waals surface area contributed by atoms with E-state index >= 15 is 0 Å². The molecule has 1 aromatic carbocycles. The molecule has 1 heterocycles. The van der Waals surface area contributed by atoms with Crippen molar-refractivity contribution >= 4 is 11.6 Å². The highest BCUT2D eigenvalue weighted by Gasteiger charge is 2.21. The van der Waals surface area contributed by atoms with Crippen LogP contribution in [0.3, 0.4) is 0 Å². The van der Waals surface area contributed by atoms with Crippen LogP contribution in [-0.2, 0) is 4.74 Å². The van der Waals surface area contributed by atoms with Crippen LogP contribution in [-0.4, -0.2) is 42.9 Å². The lowest BCUT2D eigenvalue weighted by Crippen LogP contribution is -2.39. The summed E-state index contributed by atoms with van der Waals surface area (Å²) in [6.45, 7) is 3.32. The van der Waals surface area contributed by atoms with E-state index in [1.807, 2.05) is 24.3 Å². The predicted molar refractivity (Wildman–Crippen MR) is 63.7 cm³/mol. The Morgan fingerprint density at radius 1 is 1.50 bits per heavy atom. The number of hydrogen-bond acceptors (Lipinski definition) is 3. The highest BCUT2D eigenvalue weighted by Crippen LogP contribution is 2.24. The summed E-state index contributed by atoms with van der Waals surface area (Å²) < 4.78 is 5.71. The fourth-order valence-electron chi connectivity index (χ4n) is 1.96. The van der Waals surface area contributed by atoms with Gasteiger partial charge in [-0.3, -0.25) is 4.90 Å². The molecule has 1 N–H and O–H groups in total. The molecule has 16 heavy (non-hydrogen) atoms. The Hall–Kier alpha value is -0.610. The van der Waals surface area contributed by atoms with Gasteiger partial charge < -0.3 is 9.84 Å². The van der Waals surface area contributed by atoms with Gasteiger partial charge in [0.15, 0.2) is 0 Å². The van der Waals surface area contributed by atoms with Crippen molar-refractivity contribution in [1.82, 2.24) is 4.90 Å². The quantitative estimate of drug-likeness (QED) is 0.875. The van der Waals surface area contributed by atoms with Crippen molar-refractivity contribution in [2.24, 2.45) is 0 Å². The van der Waals surface area contributed by atoms with Crippen LogP contribution in [0.4, 0.5) is 0 Å². The molecule has 1 fully saturated rings. The van der Waals surface area contributed by atoms with Gasteiger partial charge in [-0.05, 0) is 17.7 Å². The van der Waals surface area contributed by atoms with Gasteiger partial charge in [0.05, 0.1) is 19.3 Å². The Morgan fingerprint density at radius 3 is 3.12 bits per heavy atom. The molecule has 0 spiro atoms. The Balaban J connectivity index is 2.03. The third kappa shape index (κ3) is 2.95. The largest absolute Gasteiger partial charge is 0.395 e. The van der Waals surface area contributed by atoms with Gasteiger partial charge in [-0.15, -0.1) is 0 Å². The molecule has 1 atom stereocenters. The second-order valence-electron chi connectivity index (χ2n) is 3.94.